The monoisotopic (exact) mass is 336 g/mol. The largest absolute Gasteiger partial charge is 0.337 e. The minimum atomic E-state index is -0.237. The molecule has 6 nitrogen and oxygen atoms in total. The Hall–Kier alpha value is -2.65. The average Bonchev–Trinajstić information content (AvgIpc) is 3.48. The lowest BCUT2D eigenvalue weighted by molar-refractivity contribution is -0.134. The quantitative estimate of drug-likeness (QED) is 0.844. The maximum Gasteiger partial charge on any atom is 0.258 e. The van der Waals surface area contributed by atoms with E-state index in [1.807, 2.05) is 24.3 Å². The molecule has 0 radical (unpaired) electrons. The van der Waals surface area contributed by atoms with Crippen LogP contribution >= 0.6 is 0 Å². The summed E-state index contributed by atoms with van der Waals surface area (Å²) in [6, 6.07) is 11.8. The average molecular weight is 336 g/mol. The van der Waals surface area contributed by atoms with Crippen molar-refractivity contribution < 1.29 is 4.79 Å². The van der Waals surface area contributed by atoms with Gasteiger partial charge in [0.2, 0.25) is 5.91 Å². The van der Waals surface area contributed by atoms with Gasteiger partial charge in [0.15, 0.2) is 0 Å². The second kappa shape index (κ2) is 6.34. The van der Waals surface area contributed by atoms with Crippen LogP contribution in [0.4, 0.5) is 0 Å². The van der Waals surface area contributed by atoms with Crippen molar-refractivity contribution in [3.63, 3.8) is 0 Å². The van der Waals surface area contributed by atoms with Gasteiger partial charge >= 0.3 is 0 Å². The molecule has 0 bridgehead atoms. The zero-order chi connectivity index (χ0) is 17.4. The summed E-state index contributed by atoms with van der Waals surface area (Å²) in [4.78, 5) is 29.1. The lowest BCUT2D eigenvalue weighted by Crippen LogP contribution is -2.55. The van der Waals surface area contributed by atoms with Crippen LogP contribution in [0.1, 0.15) is 12.8 Å². The first-order chi connectivity index (χ1) is 12.2. The van der Waals surface area contributed by atoms with Crippen molar-refractivity contribution in [1.82, 2.24) is 14.4 Å². The summed E-state index contributed by atoms with van der Waals surface area (Å²) >= 11 is 0. The lowest BCUT2D eigenvalue weighted by Gasteiger charge is -2.38. The molecule has 0 spiro atoms. The smallest absolute Gasteiger partial charge is 0.258 e. The van der Waals surface area contributed by atoms with E-state index in [1.165, 1.54) is 4.57 Å². The van der Waals surface area contributed by atoms with Crippen LogP contribution in [0.2, 0.25) is 0 Å². The summed E-state index contributed by atoms with van der Waals surface area (Å²) in [5.41, 5.74) is -0.153. The van der Waals surface area contributed by atoms with Crippen molar-refractivity contribution in [3.05, 3.63) is 46.9 Å². The summed E-state index contributed by atoms with van der Waals surface area (Å²) in [6.07, 6.45) is 3.97. The van der Waals surface area contributed by atoms with Gasteiger partial charge in [-0.3, -0.25) is 14.5 Å². The van der Waals surface area contributed by atoms with Gasteiger partial charge in [0.25, 0.3) is 5.56 Å². The van der Waals surface area contributed by atoms with E-state index < -0.39 is 0 Å². The van der Waals surface area contributed by atoms with Gasteiger partial charge in [0, 0.05) is 37.3 Å². The van der Waals surface area contributed by atoms with Gasteiger partial charge in [-0.2, -0.15) is 5.26 Å². The zero-order valence-electron chi connectivity index (χ0n) is 14.0. The van der Waals surface area contributed by atoms with Crippen LogP contribution in [-0.4, -0.2) is 52.0 Å². The number of carbonyl (C=O) groups is 1. The van der Waals surface area contributed by atoms with Crippen LogP contribution in [-0.2, 0) is 11.3 Å². The highest BCUT2D eigenvalue weighted by molar-refractivity contribution is 5.82. The summed E-state index contributed by atoms with van der Waals surface area (Å²) in [7, 11) is 0. The Bertz CT molecular complexity index is 910. The molecule has 1 unspecified atom stereocenters. The number of piperazine rings is 1. The van der Waals surface area contributed by atoms with Crippen molar-refractivity contribution in [1.29, 1.82) is 5.26 Å². The number of benzene rings is 1. The van der Waals surface area contributed by atoms with Gasteiger partial charge in [-0.25, -0.2) is 0 Å². The van der Waals surface area contributed by atoms with E-state index >= 15 is 0 Å². The molecule has 2 heterocycles. The Balaban J connectivity index is 1.50. The predicted octanol–water partition coefficient (Wildman–Crippen LogP) is 1.20. The van der Waals surface area contributed by atoms with E-state index in [0.717, 1.165) is 24.8 Å². The van der Waals surface area contributed by atoms with Crippen LogP contribution in [0.15, 0.2) is 41.3 Å². The molecule has 128 valence electrons. The number of rotatable bonds is 3. The molecule has 25 heavy (non-hydrogen) atoms. The second-order valence-corrected chi connectivity index (χ2v) is 6.79. The molecule has 0 N–H and O–H groups in total. The molecule has 1 atom stereocenters. The fourth-order valence-electron chi connectivity index (χ4n) is 3.58. The number of hydrogen-bond donors (Lipinski definition) is 0. The lowest BCUT2D eigenvalue weighted by atomic mass is 10.1. The third kappa shape index (κ3) is 3.03. The van der Waals surface area contributed by atoms with Gasteiger partial charge < -0.3 is 9.47 Å². The second-order valence-electron chi connectivity index (χ2n) is 6.79. The Kier molecular flexibility index (Phi) is 4.02. The number of nitrogens with zero attached hydrogens (tertiary/aromatic N) is 4. The summed E-state index contributed by atoms with van der Waals surface area (Å²) < 4.78 is 1.46. The number of nitriles is 1. The maximum atomic E-state index is 12.6. The highest BCUT2D eigenvalue weighted by Gasteiger charge is 2.38. The Morgan fingerprint density at radius 1 is 1.20 bits per heavy atom. The molecule has 6 heteroatoms. The van der Waals surface area contributed by atoms with Crippen molar-refractivity contribution in [3.8, 4) is 6.07 Å². The van der Waals surface area contributed by atoms with Crippen molar-refractivity contribution in [2.24, 2.45) is 0 Å². The Labute approximate surface area is 145 Å². The highest BCUT2D eigenvalue weighted by Crippen LogP contribution is 2.30. The topological polar surface area (TPSA) is 69.3 Å². The molecular weight excluding hydrogens is 316 g/mol. The van der Waals surface area contributed by atoms with Crippen LogP contribution in [0.5, 0.6) is 0 Å². The molecule has 1 saturated carbocycles. The first kappa shape index (κ1) is 15.9. The number of fused-ring (bicyclic) bond motifs is 1. The predicted molar refractivity (Wildman–Crippen MR) is 93.9 cm³/mol. The molecule has 2 aliphatic rings. The molecule has 1 aliphatic carbocycles. The molecule has 1 aliphatic heterocycles. The minimum absolute atomic E-state index is 0.0191. The number of aromatic nitrogens is 1. The number of amides is 1. The molecule has 2 aromatic rings. The van der Waals surface area contributed by atoms with Crippen LogP contribution in [0, 0.1) is 11.3 Å². The molecule has 4 rings (SSSR count). The molecule has 1 amide bonds. The molecular formula is C19H20N4O2. The Morgan fingerprint density at radius 2 is 2.00 bits per heavy atom. The fourth-order valence-corrected chi connectivity index (χ4v) is 3.58. The van der Waals surface area contributed by atoms with E-state index in [0.29, 0.717) is 24.5 Å². The minimum Gasteiger partial charge on any atom is -0.337 e. The maximum absolute atomic E-state index is 12.6. The number of pyridine rings is 1. The SMILES string of the molecule is N#CC1CN(C(=O)Cn2ccc3ccccc3c2=O)CCN1C1CC1. The van der Waals surface area contributed by atoms with Crippen molar-refractivity contribution in [2.45, 2.75) is 31.5 Å². The number of hydrogen-bond acceptors (Lipinski definition) is 4. The van der Waals surface area contributed by atoms with E-state index in [1.54, 1.807) is 17.2 Å². The number of carbonyl (C=O) groups excluding carboxylic acids is 1. The van der Waals surface area contributed by atoms with Crippen LogP contribution in [0.25, 0.3) is 10.8 Å². The highest BCUT2D eigenvalue weighted by atomic mass is 16.2. The van der Waals surface area contributed by atoms with Crippen molar-refractivity contribution in [2.75, 3.05) is 19.6 Å². The van der Waals surface area contributed by atoms with Crippen molar-refractivity contribution >= 4 is 16.7 Å². The van der Waals surface area contributed by atoms with E-state index in [9.17, 15) is 14.9 Å². The molecule has 1 saturated heterocycles. The third-order valence-electron chi connectivity index (χ3n) is 5.13. The molecule has 1 aromatic carbocycles. The van der Waals surface area contributed by atoms with E-state index in [4.69, 9.17) is 0 Å². The van der Waals surface area contributed by atoms with Crippen LogP contribution in [0.3, 0.4) is 0 Å². The molecule has 1 aromatic heterocycles. The van der Waals surface area contributed by atoms with Gasteiger partial charge in [0.1, 0.15) is 12.6 Å². The zero-order valence-corrected chi connectivity index (χ0v) is 14.0. The summed E-state index contributed by atoms with van der Waals surface area (Å²) in [6.45, 7) is 1.80. The van der Waals surface area contributed by atoms with Crippen LogP contribution < -0.4 is 5.56 Å². The third-order valence-corrected chi connectivity index (χ3v) is 5.13. The Morgan fingerprint density at radius 3 is 2.76 bits per heavy atom. The first-order valence-corrected chi connectivity index (χ1v) is 8.68. The van der Waals surface area contributed by atoms with Gasteiger partial charge in [-0.1, -0.05) is 18.2 Å². The fraction of sp³-hybridized carbons (Fsp3) is 0.421. The molecule has 2 fully saturated rings. The first-order valence-electron chi connectivity index (χ1n) is 8.68. The summed E-state index contributed by atoms with van der Waals surface area (Å²) in [5.74, 6) is -0.104. The van der Waals surface area contributed by atoms with Gasteiger partial charge in [0.05, 0.1) is 6.07 Å². The standard InChI is InChI=1S/C19H20N4O2/c20-11-16-12-21(9-10-23(16)15-5-6-15)18(24)13-22-8-7-14-3-1-2-4-17(14)19(22)25/h1-4,7-8,15-16H,5-6,9-10,12-13H2. The van der Waals surface area contributed by atoms with E-state index in [2.05, 4.69) is 11.0 Å². The van der Waals surface area contributed by atoms with Gasteiger partial charge in [-0.05, 0) is 30.4 Å². The summed E-state index contributed by atoms with van der Waals surface area (Å²) in [5, 5.41) is 10.9. The van der Waals surface area contributed by atoms with E-state index in [-0.39, 0.29) is 24.1 Å². The normalized spacial score (nSPS) is 21.2. The van der Waals surface area contributed by atoms with Gasteiger partial charge in [-0.15, -0.1) is 0 Å².